The average Bonchev–Trinajstić information content (AvgIpc) is 2.91. The van der Waals surface area contributed by atoms with Crippen LogP contribution in [-0.2, 0) is 6.42 Å². The predicted molar refractivity (Wildman–Crippen MR) is 84.9 cm³/mol. The van der Waals surface area contributed by atoms with Crippen molar-refractivity contribution in [1.82, 2.24) is 15.2 Å². The van der Waals surface area contributed by atoms with E-state index >= 15 is 0 Å². The van der Waals surface area contributed by atoms with Gasteiger partial charge in [0.25, 0.3) is 0 Å². The van der Waals surface area contributed by atoms with Gasteiger partial charge in [-0.15, -0.1) is 0 Å². The number of hydrogen-bond acceptors (Lipinski definition) is 3. The smallest absolute Gasteiger partial charge is 0.0416 e. The molecule has 0 amide bonds. The van der Waals surface area contributed by atoms with Crippen molar-refractivity contribution in [2.75, 3.05) is 26.7 Å². The topological polar surface area (TPSA) is 28.2 Å². The summed E-state index contributed by atoms with van der Waals surface area (Å²) >= 11 is 0. The Morgan fingerprint density at radius 1 is 1.35 bits per heavy atom. The fraction of sp³-hybridized carbons (Fsp3) is 0.706. The number of nitrogens with zero attached hydrogens (tertiary/aromatic N) is 2. The Balaban J connectivity index is 1.72. The molecule has 1 aliphatic rings. The molecular formula is C17H29N3. The van der Waals surface area contributed by atoms with Crippen molar-refractivity contribution in [3.63, 3.8) is 0 Å². The Hall–Kier alpha value is -0.930. The molecule has 0 spiro atoms. The molecule has 20 heavy (non-hydrogen) atoms. The minimum Gasteiger partial charge on any atom is -0.314 e. The van der Waals surface area contributed by atoms with E-state index in [1.165, 1.54) is 44.5 Å². The number of hydrogen-bond donors (Lipinski definition) is 1. The molecular weight excluding hydrogens is 246 g/mol. The van der Waals surface area contributed by atoms with Gasteiger partial charge in [0.1, 0.15) is 0 Å². The maximum atomic E-state index is 4.40. The Morgan fingerprint density at radius 2 is 2.25 bits per heavy atom. The normalized spacial score (nSPS) is 22.6. The summed E-state index contributed by atoms with van der Waals surface area (Å²) in [6, 6.07) is 6.92. The zero-order valence-electron chi connectivity index (χ0n) is 13.0. The summed E-state index contributed by atoms with van der Waals surface area (Å²) < 4.78 is 0. The van der Waals surface area contributed by atoms with E-state index < -0.39 is 0 Å². The third-order valence-corrected chi connectivity index (χ3v) is 4.34. The highest BCUT2D eigenvalue weighted by atomic mass is 15.1. The van der Waals surface area contributed by atoms with Crippen LogP contribution in [0.25, 0.3) is 0 Å². The lowest BCUT2D eigenvalue weighted by molar-refractivity contribution is 0.253. The lowest BCUT2D eigenvalue weighted by Crippen LogP contribution is -2.39. The molecule has 1 N–H and O–H groups in total. The molecule has 112 valence electrons. The largest absolute Gasteiger partial charge is 0.314 e. The molecule has 3 nitrogen and oxygen atoms in total. The lowest BCUT2D eigenvalue weighted by atomic mass is 10.0. The SMILES string of the molecule is CCCNC1CCCC1CN(C)CCc1ccccn1. The van der Waals surface area contributed by atoms with Gasteiger partial charge in [-0.3, -0.25) is 4.98 Å². The first-order valence-electron chi connectivity index (χ1n) is 8.11. The van der Waals surface area contributed by atoms with Gasteiger partial charge in [0.15, 0.2) is 0 Å². The van der Waals surface area contributed by atoms with Crippen molar-refractivity contribution in [3.05, 3.63) is 30.1 Å². The first kappa shape index (κ1) is 15.5. The van der Waals surface area contributed by atoms with Crippen LogP contribution in [0.1, 0.15) is 38.3 Å². The average molecular weight is 275 g/mol. The molecule has 3 heteroatoms. The third kappa shape index (κ3) is 4.88. The summed E-state index contributed by atoms with van der Waals surface area (Å²) in [5.41, 5.74) is 1.20. The fourth-order valence-corrected chi connectivity index (χ4v) is 3.20. The summed E-state index contributed by atoms with van der Waals surface area (Å²) in [4.78, 5) is 6.88. The standard InChI is InChI=1S/C17H29N3/c1-3-11-19-17-9-6-7-15(17)14-20(2)13-10-16-8-4-5-12-18-16/h4-5,8,12,15,17,19H,3,6-7,9-11,13-14H2,1-2H3. The molecule has 2 atom stereocenters. The molecule has 1 fully saturated rings. The van der Waals surface area contributed by atoms with E-state index in [1.54, 1.807) is 0 Å². The van der Waals surface area contributed by atoms with Crippen molar-refractivity contribution in [2.45, 2.75) is 45.1 Å². The quantitative estimate of drug-likeness (QED) is 0.790. The van der Waals surface area contributed by atoms with E-state index in [0.717, 1.165) is 24.9 Å². The van der Waals surface area contributed by atoms with E-state index in [-0.39, 0.29) is 0 Å². The van der Waals surface area contributed by atoms with Crippen LogP contribution in [-0.4, -0.2) is 42.6 Å². The Bertz CT molecular complexity index is 366. The van der Waals surface area contributed by atoms with Gasteiger partial charge in [-0.1, -0.05) is 19.4 Å². The van der Waals surface area contributed by atoms with Crippen LogP contribution in [0.5, 0.6) is 0 Å². The van der Waals surface area contributed by atoms with Crippen LogP contribution in [0.2, 0.25) is 0 Å². The fourth-order valence-electron chi connectivity index (χ4n) is 3.20. The Labute approximate surface area is 123 Å². The van der Waals surface area contributed by atoms with E-state index in [0.29, 0.717) is 0 Å². The number of nitrogens with one attached hydrogen (secondary N) is 1. The van der Waals surface area contributed by atoms with Gasteiger partial charge in [-0.05, 0) is 50.9 Å². The summed E-state index contributed by atoms with van der Waals surface area (Å²) in [6.07, 6.45) is 8.31. The molecule has 1 saturated carbocycles. The zero-order valence-corrected chi connectivity index (χ0v) is 13.0. The second-order valence-corrected chi connectivity index (χ2v) is 6.08. The summed E-state index contributed by atoms with van der Waals surface area (Å²) in [5.74, 6) is 0.829. The molecule has 2 unspecified atom stereocenters. The molecule has 2 rings (SSSR count). The maximum Gasteiger partial charge on any atom is 0.0416 e. The van der Waals surface area contributed by atoms with Gasteiger partial charge in [0.2, 0.25) is 0 Å². The van der Waals surface area contributed by atoms with Crippen molar-refractivity contribution in [1.29, 1.82) is 0 Å². The summed E-state index contributed by atoms with van der Waals surface area (Å²) in [5, 5.41) is 3.72. The summed E-state index contributed by atoms with van der Waals surface area (Å²) in [7, 11) is 2.25. The molecule has 0 aromatic carbocycles. The third-order valence-electron chi connectivity index (χ3n) is 4.34. The van der Waals surface area contributed by atoms with Gasteiger partial charge in [-0.25, -0.2) is 0 Å². The minimum absolute atomic E-state index is 0.743. The highest BCUT2D eigenvalue weighted by Crippen LogP contribution is 2.26. The van der Waals surface area contributed by atoms with Crippen LogP contribution in [0, 0.1) is 5.92 Å². The lowest BCUT2D eigenvalue weighted by Gasteiger charge is -2.26. The minimum atomic E-state index is 0.743. The van der Waals surface area contributed by atoms with Crippen molar-refractivity contribution >= 4 is 0 Å². The maximum absolute atomic E-state index is 4.40. The molecule has 0 saturated heterocycles. The molecule has 0 aliphatic heterocycles. The highest BCUT2D eigenvalue weighted by molar-refractivity contribution is 5.03. The molecule has 1 heterocycles. The molecule has 1 aliphatic carbocycles. The van der Waals surface area contributed by atoms with Gasteiger partial charge in [0.05, 0.1) is 0 Å². The van der Waals surface area contributed by atoms with Crippen LogP contribution in [0.4, 0.5) is 0 Å². The van der Waals surface area contributed by atoms with E-state index in [2.05, 4.69) is 41.3 Å². The monoisotopic (exact) mass is 275 g/mol. The van der Waals surface area contributed by atoms with Crippen LogP contribution >= 0.6 is 0 Å². The molecule has 1 aromatic heterocycles. The first-order chi connectivity index (χ1) is 9.79. The van der Waals surface area contributed by atoms with E-state index in [1.807, 2.05) is 12.3 Å². The van der Waals surface area contributed by atoms with Gasteiger partial charge < -0.3 is 10.2 Å². The van der Waals surface area contributed by atoms with Crippen LogP contribution < -0.4 is 5.32 Å². The van der Waals surface area contributed by atoms with Gasteiger partial charge in [-0.2, -0.15) is 0 Å². The number of pyridine rings is 1. The predicted octanol–water partition coefficient (Wildman–Crippen LogP) is 2.72. The van der Waals surface area contributed by atoms with Crippen LogP contribution in [0.15, 0.2) is 24.4 Å². The summed E-state index contributed by atoms with van der Waals surface area (Å²) in [6.45, 7) is 5.73. The van der Waals surface area contributed by atoms with Gasteiger partial charge >= 0.3 is 0 Å². The molecule has 0 bridgehead atoms. The van der Waals surface area contributed by atoms with Crippen molar-refractivity contribution < 1.29 is 0 Å². The van der Waals surface area contributed by atoms with Gasteiger partial charge in [0, 0.05) is 37.4 Å². The van der Waals surface area contributed by atoms with Crippen molar-refractivity contribution in [3.8, 4) is 0 Å². The van der Waals surface area contributed by atoms with E-state index in [4.69, 9.17) is 0 Å². The molecule has 1 aromatic rings. The number of rotatable bonds is 8. The zero-order chi connectivity index (χ0) is 14.2. The highest BCUT2D eigenvalue weighted by Gasteiger charge is 2.27. The number of aromatic nitrogens is 1. The second-order valence-electron chi connectivity index (χ2n) is 6.08. The molecule has 0 radical (unpaired) electrons. The Kier molecular flexibility index (Phi) is 6.48. The first-order valence-corrected chi connectivity index (χ1v) is 8.11. The van der Waals surface area contributed by atoms with E-state index in [9.17, 15) is 0 Å². The Morgan fingerprint density at radius 3 is 3.00 bits per heavy atom. The van der Waals surface area contributed by atoms with Crippen LogP contribution in [0.3, 0.4) is 0 Å². The van der Waals surface area contributed by atoms with Crippen molar-refractivity contribution in [2.24, 2.45) is 5.92 Å². The number of likely N-dealkylation sites (N-methyl/N-ethyl adjacent to an activating group) is 1. The second kappa shape index (κ2) is 8.38.